The third kappa shape index (κ3) is 7.21. The Morgan fingerprint density at radius 3 is 2.52 bits per heavy atom. The number of carbonyl (C=O) groups excluding carboxylic acids is 1. The zero-order valence-corrected chi connectivity index (χ0v) is 19.9. The Morgan fingerprint density at radius 1 is 1.06 bits per heavy atom. The van der Waals surface area contributed by atoms with E-state index >= 15 is 0 Å². The maximum absolute atomic E-state index is 12.6. The van der Waals surface area contributed by atoms with E-state index in [-0.39, 0.29) is 10.8 Å². The summed E-state index contributed by atoms with van der Waals surface area (Å²) >= 11 is 1.41. The molecule has 0 bridgehead atoms. The largest absolute Gasteiger partial charge is 0.497 e. The van der Waals surface area contributed by atoms with Gasteiger partial charge in [-0.15, -0.1) is 0 Å². The Hall–Kier alpha value is -3.08. The van der Waals surface area contributed by atoms with Crippen LogP contribution in [0.15, 0.2) is 81.7 Å². The normalized spacial score (nSPS) is 11.1. The minimum atomic E-state index is -3.73. The third-order valence-corrected chi connectivity index (χ3v) is 6.83. The van der Waals surface area contributed by atoms with E-state index in [2.05, 4.69) is 15.0 Å². The number of nitrogens with one attached hydrogen (secondary N) is 2. The van der Waals surface area contributed by atoms with Crippen LogP contribution in [0, 0.1) is 0 Å². The van der Waals surface area contributed by atoms with Crippen LogP contribution in [0.25, 0.3) is 0 Å². The fourth-order valence-electron chi connectivity index (χ4n) is 2.79. The van der Waals surface area contributed by atoms with Gasteiger partial charge in [-0.1, -0.05) is 17.8 Å². The molecule has 33 heavy (non-hydrogen) atoms. The Balaban J connectivity index is 1.58. The predicted molar refractivity (Wildman–Crippen MR) is 127 cm³/mol. The van der Waals surface area contributed by atoms with Crippen molar-refractivity contribution >= 4 is 33.4 Å². The summed E-state index contributed by atoms with van der Waals surface area (Å²) in [4.78, 5) is 17.4. The highest BCUT2D eigenvalue weighted by molar-refractivity contribution is 7.99. The number of hydrogen-bond acceptors (Lipinski definition) is 7. The van der Waals surface area contributed by atoms with Gasteiger partial charge in [-0.25, -0.2) is 13.4 Å². The minimum Gasteiger partial charge on any atom is -0.497 e. The fraction of sp³-hybridized carbons (Fsp3) is 0.217. The second kappa shape index (κ2) is 11.7. The summed E-state index contributed by atoms with van der Waals surface area (Å²) in [5.41, 5.74) is 0.926. The van der Waals surface area contributed by atoms with Crippen molar-refractivity contribution in [1.82, 2.24) is 10.3 Å². The van der Waals surface area contributed by atoms with E-state index in [0.717, 1.165) is 16.3 Å². The number of ether oxygens (including phenoxy) is 2. The number of pyridine rings is 1. The van der Waals surface area contributed by atoms with Crippen molar-refractivity contribution in [2.24, 2.45) is 0 Å². The molecular formula is C23H25N3O5S2. The summed E-state index contributed by atoms with van der Waals surface area (Å²) in [5.74, 6) is 0.287. The quantitative estimate of drug-likeness (QED) is 0.396. The van der Waals surface area contributed by atoms with Gasteiger partial charge in [0.15, 0.2) is 0 Å². The summed E-state index contributed by atoms with van der Waals surface area (Å²) in [7, 11) is -0.630. The van der Waals surface area contributed by atoms with E-state index in [9.17, 15) is 13.2 Å². The maximum atomic E-state index is 12.6. The molecule has 0 fully saturated rings. The molecule has 1 heterocycles. The van der Waals surface area contributed by atoms with Gasteiger partial charge in [-0.2, -0.15) is 0 Å². The van der Waals surface area contributed by atoms with Crippen LogP contribution in [0.4, 0.5) is 5.69 Å². The highest BCUT2D eigenvalue weighted by Gasteiger charge is 2.15. The lowest BCUT2D eigenvalue weighted by Gasteiger charge is -2.10. The summed E-state index contributed by atoms with van der Waals surface area (Å²) in [6, 6.07) is 16.7. The van der Waals surface area contributed by atoms with E-state index < -0.39 is 10.0 Å². The molecule has 1 aromatic heterocycles. The van der Waals surface area contributed by atoms with Crippen molar-refractivity contribution in [3.8, 4) is 5.75 Å². The molecule has 2 aromatic carbocycles. The monoisotopic (exact) mass is 487 g/mol. The van der Waals surface area contributed by atoms with Gasteiger partial charge in [0, 0.05) is 43.1 Å². The van der Waals surface area contributed by atoms with Crippen molar-refractivity contribution in [2.75, 3.05) is 32.1 Å². The molecule has 8 nitrogen and oxygen atoms in total. The van der Waals surface area contributed by atoms with Gasteiger partial charge in [-0.05, 0) is 55.0 Å². The molecule has 0 aliphatic heterocycles. The van der Waals surface area contributed by atoms with E-state index in [1.54, 1.807) is 55.6 Å². The van der Waals surface area contributed by atoms with Gasteiger partial charge < -0.3 is 14.8 Å². The highest BCUT2D eigenvalue weighted by atomic mass is 32.2. The van der Waals surface area contributed by atoms with Gasteiger partial charge in [-0.3, -0.25) is 9.52 Å². The molecule has 0 saturated carbocycles. The Kier molecular flexibility index (Phi) is 8.70. The zero-order chi connectivity index (χ0) is 23.7. The number of rotatable bonds is 11. The van der Waals surface area contributed by atoms with E-state index in [4.69, 9.17) is 9.47 Å². The minimum absolute atomic E-state index is 0.118. The summed E-state index contributed by atoms with van der Waals surface area (Å²) < 4.78 is 37.8. The highest BCUT2D eigenvalue weighted by Crippen LogP contribution is 2.28. The smallest absolute Gasteiger partial charge is 0.262 e. The molecule has 0 aliphatic rings. The van der Waals surface area contributed by atoms with E-state index in [1.165, 1.54) is 37.2 Å². The molecule has 0 saturated heterocycles. The lowest BCUT2D eigenvalue weighted by molar-refractivity contribution is 0.0948. The van der Waals surface area contributed by atoms with Crippen molar-refractivity contribution in [3.63, 3.8) is 0 Å². The van der Waals surface area contributed by atoms with Crippen LogP contribution >= 0.6 is 11.8 Å². The molecular weight excluding hydrogens is 462 g/mol. The molecule has 1 amide bonds. The number of anilines is 1. The Bertz CT molecular complexity index is 1170. The number of methoxy groups -OCH3 is 2. The van der Waals surface area contributed by atoms with E-state index in [0.29, 0.717) is 30.2 Å². The van der Waals surface area contributed by atoms with Gasteiger partial charge in [0.2, 0.25) is 0 Å². The first-order valence-electron chi connectivity index (χ1n) is 10.1. The molecule has 0 spiro atoms. The van der Waals surface area contributed by atoms with Gasteiger partial charge in [0.1, 0.15) is 10.8 Å². The maximum Gasteiger partial charge on any atom is 0.262 e. The van der Waals surface area contributed by atoms with Crippen LogP contribution in [-0.2, 0) is 14.8 Å². The molecule has 3 rings (SSSR count). The summed E-state index contributed by atoms with van der Waals surface area (Å²) in [5, 5.41) is 3.54. The average molecular weight is 488 g/mol. The number of nitrogens with zero attached hydrogens (tertiary/aromatic N) is 1. The first-order chi connectivity index (χ1) is 15.9. The Labute approximate surface area is 197 Å². The summed E-state index contributed by atoms with van der Waals surface area (Å²) in [6.45, 7) is 1.13. The molecule has 2 N–H and O–H groups in total. The number of aromatic nitrogens is 1. The number of sulfonamides is 1. The topological polar surface area (TPSA) is 107 Å². The second-order valence-electron chi connectivity index (χ2n) is 6.90. The molecule has 0 unspecified atom stereocenters. The van der Waals surface area contributed by atoms with Gasteiger partial charge in [0.05, 0.1) is 17.6 Å². The SMILES string of the molecule is COCCCNC(=O)c1ccc(Sc2ccc(NS(=O)(=O)c3cccc(OC)c3)cc2)nc1. The second-order valence-corrected chi connectivity index (χ2v) is 9.67. The Morgan fingerprint density at radius 2 is 1.85 bits per heavy atom. The average Bonchev–Trinajstić information content (AvgIpc) is 2.83. The number of carbonyl (C=O) groups is 1. The van der Waals surface area contributed by atoms with Crippen molar-refractivity contribution in [3.05, 3.63) is 72.4 Å². The first-order valence-corrected chi connectivity index (χ1v) is 12.4. The van der Waals surface area contributed by atoms with Gasteiger partial charge >= 0.3 is 0 Å². The van der Waals surface area contributed by atoms with Crippen LogP contribution in [0.1, 0.15) is 16.8 Å². The van der Waals surface area contributed by atoms with Crippen molar-refractivity contribution in [1.29, 1.82) is 0 Å². The van der Waals surface area contributed by atoms with Crippen molar-refractivity contribution < 1.29 is 22.7 Å². The predicted octanol–water partition coefficient (Wildman–Crippen LogP) is 3.81. The van der Waals surface area contributed by atoms with Gasteiger partial charge in [0.25, 0.3) is 15.9 Å². The lowest BCUT2D eigenvalue weighted by atomic mass is 10.2. The molecule has 174 valence electrons. The molecule has 0 radical (unpaired) electrons. The zero-order valence-electron chi connectivity index (χ0n) is 18.3. The number of hydrogen-bond donors (Lipinski definition) is 2. The van der Waals surface area contributed by atoms with E-state index in [1.807, 2.05) is 0 Å². The molecule has 3 aromatic rings. The number of benzene rings is 2. The first kappa shape index (κ1) is 24.6. The van der Waals surface area contributed by atoms with Crippen LogP contribution in [0.5, 0.6) is 5.75 Å². The third-order valence-electron chi connectivity index (χ3n) is 4.49. The van der Waals surface area contributed by atoms with Crippen LogP contribution in [0.3, 0.4) is 0 Å². The van der Waals surface area contributed by atoms with Crippen LogP contribution < -0.4 is 14.8 Å². The number of amides is 1. The molecule has 0 atom stereocenters. The van der Waals surface area contributed by atoms with Crippen molar-refractivity contribution in [2.45, 2.75) is 21.2 Å². The van der Waals surface area contributed by atoms with Crippen LogP contribution in [0.2, 0.25) is 0 Å². The molecule has 10 heteroatoms. The lowest BCUT2D eigenvalue weighted by Crippen LogP contribution is -2.25. The standard InChI is InChI=1S/C23H25N3O5S2/c1-30-14-4-13-24-23(27)17-7-12-22(25-16-17)32-20-10-8-18(9-11-20)26-33(28,29)21-6-3-5-19(15-21)31-2/h3,5-12,15-16,26H,4,13-14H2,1-2H3,(H,24,27). The molecule has 0 aliphatic carbocycles. The summed E-state index contributed by atoms with van der Waals surface area (Å²) in [6.07, 6.45) is 2.28. The van der Waals surface area contributed by atoms with Crippen LogP contribution in [-0.4, -0.2) is 46.7 Å². The fourth-order valence-corrected chi connectivity index (χ4v) is 4.64.